The van der Waals surface area contributed by atoms with E-state index in [2.05, 4.69) is 39.9 Å². The monoisotopic (exact) mass is 485 g/mol. The number of hydrogen-bond donors (Lipinski definition) is 1. The number of anilines is 1. The summed E-state index contributed by atoms with van der Waals surface area (Å²) in [5.41, 5.74) is 3.09. The second-order valence-corrected chi connectivity index (χ2v) is 10.0. The zero-order valence-corrected chi connectivity index (χ0v) is 21.3. The van der Waals surface area contributed by atoms with Gasteiger partial charge in [0.25, 0.3) is 5.91 Å². The van der Waals surface area contributed by atoms with Gasteiger partial charge in [0.2, 0.25) is 11.2 Å². The van der Waals surface area contributed by atoms with Crippen molar-refractivity contribution in [1.29, 1.82) is 0 Å². The highest BCUT2D eigenvalue weighted by atomic mass is 16.5. The number of benzene rings is 3. The Morgan fingerprint density at radius 3 is 2.36 bits per heavy atom. The lowest BCUT2D eigenvalue weighted by Gasteiger charge is -2.19. The summed E-state index contributed by atoms with van der Waals surface area (Å²) in [6.45, 7) is 10.4. The molecule has 0 fully saturated rings. The summed E-state index contributed by atoms with van der Waals surface area (Å²) in [6, 6.07) is 20.2. The highest BCUT2D eigenvalue weighted by molar-refractivity contribution is 5.92. The third kappa shape index (κ3) is 5.77. The van der Waals surface area contributed by atoms with Crippen LogP contribution in [0.1, 0.15) is 51.7 Å². The van der Waals surface area contributed by atoms with Gasteiger partial charge in [0.05, 0.1) is 5.39 Å². The van der Waals surface area contributed by atoms with Crippen LogP contribution in [0.2, 0.25) is 0 Å². The molecule has 0 bridgehead atoms. The molecule has 4 rings (SSSR count). The Morgan fingerprint density at radius 2 is 1.67 bits per heavy atom. The molecule has 1 heterocycles. The van der Waals surface area contributed by atoms with E-state index in [1.165, 1.54) is 11.8 Å². The van der Waals surface area contributed by atoms with Crippen LogP contribution >= 0.6 is 0 Å². The largest absolute Gasteiger partial charge is 0.484 e. The lowest BCUT2D eigenvalue weighted by atomic mass is 9.87. The van der Waals surface area contributed by atoms with Crippen molar-refractivity contribution < 1.29 is 18.7 Å². The molecule has 0 aliphatic carbocycles. The highest BCUT2D eigenvalue weighted by Crippen LogP contribution is 2.28. The summed E-state index contributed by atoms with van der Waals surface area (Å²) in [7, 11) is 0. The first-order chi connectivity index (χ1) is 17.1. The summed E-state index contributed by atoms with van der Waals surface area (Å²) in [6.07, 6.45) is 1.29. The first-order valence-electron chi connectivity index (χ1n) is 12.0. The van der Waals surface area contributed by atoms with Crippen LogP contribution in [0, 0.1) is 0 Å². The molecule has 1 amide bonds. The zero-order valence-electron chi connectivity index (χ0n) is 21.3. The molecule has 0 saturated heterocycles. The number of amides is 1. The molecule has 4 aromatic rings. The highest BCUT2D eigenvalue weighted by Gasteiger charge is 2.15. The molecule has 0 saturated carbocycles. The van der Waals surface area contributed by atoms with Gasteiger partial charge in [-0.1, -0.05) is 65.0 Å². The maximum Gasteiger partial charge on any atom is 0.262 e. The van der Waals surface area contributed by atoms with Crippen LogP contribution in [0.5, 0.6) is 17.2 Å². The van der Waals surface area contributed by atoms with E-state index in [-0.39, 0.29) is 35.0 Å². The summed E-state index contributed by atoms with van der Waals surface area (Å²) in [5, 5.41) is 3.26. The normalized spacial score (nSPS) is 11.5. The van der Waals surface area contributed by atoms with E-state index in [1.54, 1.807) is 18.2 Å². The minimum Gasteiger partial charge on any atom is -0.484 e. The van der Waals surface area contributed by atoms with Gasteiger partial charge in [-0.25, -0.2) is 0 Å². The average molecular weight is 486 g/mol. The van der Waals surface area contributed by atoms with Gasteiger partial charge in [0.1, 0.15) is 23.3 Å². The van der Waals surface area contributed by atoms with Crippen molar-refractivity contribution in [3.63, 3.8) is 0 Å². The Kier molecular flexibility index (Phi) is 7.15. The van der Waals surface area contributed by atoms with Crippen molar-refractivity contribution in [1.82, 2.24) is 0 Å². The topological polar surface area (TPSA) is 77.8 Å². The second-order valence-electron chi connectivity index (χ2n) is 10.0. The Labute approximate surface area is 210 Å². The zero-order chi connectivity index (χ0) is 25.9. The molecule has 0 aliphatic heterocycles. The molecule has 0 atom stereocenters. The maximum absolute atomic E-state index is 12.9. The lowest BCUT2D eigenvalue weighted by molar-refractivity contribution is -0.118. The number of carbonyl (C=O) groups excluding carboxylic acids is 1. The molecule has 1 aromatic heterocycles. The molecule has 0 unspecified atom stereocenters. The predicted molar refractivity (Wildman–Crippen MR) is 142 cm³/mol. The number of ether oxygens (including phenoxy) is 2. The minimum absolute atomic E-state index is 0.0273. The maximum atomic E-state index is 12.9. The fraction of sp³-hybridized carbons (Fsp3) is 0.267. The summed E-state index contributed by atoms with van der Waals surface area (Å²) >= 11 is 0. The van der Waals surface area contributed by atoms with Crippen LogP contribution < -0.4 is 20.2 Å². The standard InChI is InChI=1S/C30H31NO5/c1-19(2)23-8-6-7-9-25(23)31-28(32)18-34-22-14-15-24-26(16-22)35-17-27(29(24)33)36-21-12-10-20(11-13-21)30(3,4)5/h6-17,19H,18H2,1-5H3,(H,31,32). The van der Waals surface area contributed by atoms with Crippen LogP contribution in [0.3, 0.4) is 0 Å². The van der Waals surface area contributed by atoms with Gasteiger partial charge in [-0.3, -0.25) is 9.59 Å². The van der Waals surface area contributed by atoms with Crippen molar-refractivity contribution in [3.8, 4) is 17.2 Å². The quantitative estimate of drug-likeness (QED) is 0.304. The van der Waals surface area contributed by atoms with Crippen molar-refractivity contribution in [2.75, 3.05) is 11.9 Å². The SMILES string of the molecule is CC(C)c1ccccc1NC(=O)COc1ccc2c(=O)c(Oc3ccc(C(C)(C)C)cc3)coc2c1. The third-order valence-electron chi connectivity index (χ3n) is 5.89. The Hall–Kier alpha value is -4.06. The molecule has 36 heavy (non-hydrogen) atoms. The molecule has 3 aromatic carbocycles. The number of carbonyl (C=O) groups is 1. The Bertz CT molecular complexity index is 1430. The number of hydrogen-bond acceptors (Lipinski definition) is 5. The molecular formula is C30H31NO5. The number of para-hydroxylation sites is 1. The van der Waals surface area contributed by atoms with Gasteiger partial charge in [-0.2, -0.15) is 0 Å². The average Bonchev–Trinajstić information content (AvgIpc) is 2.84. The smallest absolute Gasteiger partial charge is 0.262 e. The van der Waals surface area contributed by atoms with Crippen molar-refractivity contribution in [2.24, 2.45) is 0 Å². The van der Waals surface area contributed by atoms with Gasteiger partial charge in [0.15, 0.2) is 6.61 Å². The molecule has 0 aliphatic rings. The van der Waals surface area contributed by atoms with Crippen LogP contribution in [0.15, 0.2) is 82.2 Å². The van der Waals surface area contributed by atoms with Crippen LogP contribution in [-0.2, 0) is 10.2 Å². The van der Waals surface area contributed by atoms with E-state index < -0.39 is 0 Å². The third-order valence-corrected chi connectivity index (χ3v) is 5.89. The fourth-order valence-electron chi connectivity index (χ4n) is 3.85. The van der Waals surface area contributed by atoms with Crippen LogP contribution in [0.4, 0.5) is 5.69 Å². The van der Waals surface area contributed by atoms with Gasteiger partial charge >= 0.3 is 0 Å². The molecule has 1 N–H and O–H groups in total. The van der Waals surface area contributed by atoms with Crippen LogP contribution in [-0.4, -0.2) is 12.5 Å². The van der Waals surface area contributed by atoms with Gasteiger partial charge < -0.3 is 19.2 Å². The molecule has 6 heteroatoms. The lowest BCUT2D eigenvalue weighted by Crippen LogP contribution is -2.21. The number of fused-ring (bicyclic) bond motifs is 1. The number of rotatable bonds is 7. The number of nitrogens with one attached hydrogen (secondary N) is 1. The van der Waals surface area contributed by atoms with E-state index in [0.717, 1.165) is 11.3 Å². The van der Waals surface area contributed by atoms with E-state index in [9.17, 15) is 9.59 Å². The molecule has 0 radical (unpaired) electrons. The molecule has 6 nitrogen and oxygen atoms in total. The van der Waals surface area contributed by atoms with E-state index in [1.807, 2.05) is 48.5 Å². The van der Waals surface area contributed by atoms with Crippen molar-refractivity contribution >= 4 is 22.6 Å². The van der Waals surface area contributed by atoms with E-state index >= 15 is 0 Å². The second kappa shape index (κ2) is 10.3. The first-order valence-corrected chi connectivity index (χ1v) is 12.0. The van der Waals surface area contributed by atoms with E-state index in [0.29, 0.717) is 22.5 Å². The summed E-state index contributed by atoms with van der Waals surface area (Å²) < 4.78 is 17.1. The summed E-state index contributed by atoms with van der Waals surface area (Å²) in [5.74, 6) is 1.08. The Balaban J connectivity index is 1.44. The molecule has 0 spiro atoms. The van der Waals surface area contributed by atoms with Gasteiger partial charge in [0, 0.05) is 11.8 Å². The fourth-order valence-corrected chi connectivity index (χ4v) is 3.85. The van der Waals surface area contributed by atoms with Crippen molar-refractivity contribution in [3.05, 3.63) is 94.3 Å². The predicted octanol–water partition coefficient (Wildman–Crippen LogP) is 7.02. The minimum atomic E-state index is -0.286. The summed E-state index contributed by atoms with van der Waals surface area (Å²) in [4.78, 5) is 25.4. The molecule has 186 valence electrons. The van der Waals surface area contributed by atoms with Gasteiger partial charge in [-0.05, 0) is 52.8 Å². The Morgan fingerprint density at radius 1 is 0.972 bits per heavy atom. The van der Waals surface area contributed by atoms with Crippen LogP contribution in [0.25, 0.3) is 11.0 Å². The van der Waals surface area contributed by atoms with Crippen molar-refractivity contribution in [2.45, 2.75) is 46.0 Å². The van der Waals surface area contributed by atoms with Gasteiger partial charge in [-0.15, -0.1) is 0 Å². The van der Waals surface area contributed by atoms with E-state index in [4.69, 9.17) is 13.9 Å². The first kappa shape index (κ1) is 25.0. The molecular weight excluding hydrogens is 454 g/mol.